The molecule has 2 N–H and O–H groups in total. The summed E-state index contributed by atoms with van der Waals surface area (Å²) in [7, 11) is 0. The number of H-pyrrole nitrogens is 1. The number of aromatic amines is 1. The molecular weight excluding hydrogens is 258 g/mol. The van der Waals surface area contributed by atoms with Crippen LogP contribution < -0.4 is 5.32 Å². The molecule has 1 heterocycles. The second-order valence-electron chi connectivity index (χ2n) is 7.81. The molecule has 116 valence electrons. The highest BCUT2D eigenvalue weighted by molar-refractivity contribution is 5.04. The minimum Gasteiger partial charge on any atom is -0.349 e. The van der Waals surface area contributed by atoms with E-state index in [1.54, 1.807) is 6.42 Å². The largest absolute Gasteiger partial charge is 0.349 e. The van der Waals surface area contributed by atoms with Crippen LogP contribution in [0.1, 0.15) is 51.3 Å². The molecule has 0 amide bonds. The van der Waals surface area contributed by atoms with Crippen LogP contribution in [0.2, 0.25) is 0 Å². The summed E-state index contributed by atoms with van der Waals surface area (Å²) in [5.41, 5.74) is 0. The number of nitrogens with zero attached hydrogens (tertiary/aromatic N) is 1. The second-order valence-corrected chi connectivity index (χ2v) is 7.81. The molecule has 0 aliphatic heterocycles. The average Bonchev–Trinajstić information content (AvgIpc) is 2.96. The van der Waals surface area contributed by atoms with Crippen molar-refractivity contribution in [2.45, 2.75) is 57.9 Å². The Kier molecular flexibility index (Phi) is 3.78. The molecular formula is C18H29N3. The van der Waals surface area contributed by atoms with Crippen LogP contribution >= 0.6 is 0 Å². The van der Waals surface area contributed by atoms with Crippen LogP contribution in [0.25, 0.3) is 0 Å². The molecule has 1 unspecified atom stereocenters. The van der Waals surface area contributed by atoms with E-state index in [-0.39, 0.29) is 0 Å². The SMILES string of the molecule is CCCNC(Cc1ncc[nH]1)C1C2CC3CC(C2)CC1C3. The third kappa shape index (κ3) is 2.65. The van der Waals surface area contributed by atoms with Crippen LogP contribution in [0.3, 0.4) is 0 Å². The number of hydrogen-bond acceptors (Lipinski definition) is 2. The van der Waals surface area contributed by atoms with Gasteiger partial charge >= 0.3 is 0 Å². The highest BCUT2D eigenvalue weighted by Gasteiger charge is 2.50. The fraction of sp³-hybridized carbons (Fsp3) is 0.833. The first kappa shape index (κ1) is 13.8. The molecule has 4 bridgehead atoms. The first-order chi connectivity index (χ1) is 10.3. The van der Waals surface area contributed by atoms with Crippen molar-refractivity contribution < 1.29 is 0 Å². The monoisotopic (exact) mass is 287 g/mol. The van der Waals surface area contributed by atoms with Gasteiger partial charge in [0.05, 0.1) is 0 Å². The maximum absolute atomic E-state index is 4.48. The predicted octanol–water partition coefficient (Wildman–Crippen LogP) is 3.39. The van der Waals surface area contributed by atoms with Gasteiger partial charge in [0.25, 0.3) is 0 Å². The normalized spacial score (nSPS) is 38.8. The van der Waals surface area contributed by atoms with E-state index in [0.29, 0.717) is 6.04 Å². The predicted molar refractivity (Wildman–Crippen MR) is 84.9 cm³/mol. The highest BCUT2D eigenvalue weighted by atomic mass is 15.0. The van der Waals surface area contributed by atoms with Crippen molar-refractivity contribution in [2.24, 2.45) is 29.6 Å². The number of aromatic nitrogens is 2. The van der Waals surface area contributed by atoms with E-state index >= 15 is 0 Å². The summed E-state index contributed by atoms with van der Waals surface area (Å²) in [6.07, 6.45) is 13.8. The van der Waals surface area contributed by atoms with Crippen molar-refractivity contribution in [1.82, 2.24) is 15.3 Å². The number of hydrogen-bond donors (Lipinski definition) is 2. The zero-order valence-corrected chi connectivity index (χ0v) is 13.2. The van der Waals surface area contributed by atoms with Gasteiger partial charge in [-0.25, -0.2) is 4.98 Å². The molecule has 4 aliphatic carbocycles. The first-order valence-electron chi connectivity index (χ1n) is 9.05. The Labute approximate surface area is 128 Å². The third-order valence-electron chi connectivity index (χ3n) is 6.39. The number of rotatable bonds is 6. The van der Waals surface area contributed by atoms with Gasteiger partial charge in [-0.2, -0.15) is 0 Å². The summed E-state index contributed by atoms with van der Waals surface area (Å²) in [6.45, 7) is 3.42. The topological polar surface area (TPSA) is 40.7 Å². The molecule has 1 atom stereocenters. The third-order valence-corrected chi connectivity index (χ3v) is 6.39. The van der Waals surface area contributed by atoms with Gasteiger partial charge in [0.1, 0.15) is 5.82 Å². The Bertz CT molecular complexity index is 425. The second kappa shape index (κ2) is 5.75. The lowest BCUT2D eigenvalue weighted by molar-refractivity contribution is -0.0518. The maximum Gasteiger partial charge on any atom is 0.107 e. The minimum absolute atomic E-state index is 0.631. The van der Waals surface area contributed by atoms with Gasteiger partial charge in [-0.1, -0.05) is 6.92 Å². The highest BCUT2D eigenvalue weighted by Crippen LogP contribution is 2.57. The van der Waals surface area contributed by atoms with Crippen LogP contribution in [0.4, 0.5) is 0 Å². The average molecular weight is 287 g/mol. The summed E-state index contributed by atoms with van der Waals surface area (Å²) in [4.78, 5) is 7.80. The summed E-state index contributed by atoms with van der Waals surface area (Å²) in [5.74, 6) is 6.18. The van der Waals surface area contributed by atoms with Crippen molar-refractivity contribution in [3.8, 4) is 0 Å². The maximum atomic E-state index is 4.48. The Morgan fingerprint density at radius 1 is 1.19 bits per heavy atom. The van der Waals surface area contributed by atoms with Crippen LogP contribution in [0.5, 0.6) is 0 Å². The summed E-state index contributed by atoms with van der Waals surface area (Å²) < 4.78 is 0. The minimum atomic E-state index is 0.631. The summed E-state index contributed by atoms with van der Waals surface area (Å²) in [5, 5.41) is 3.88. The smallest absolute Gasteiger partial charge is 0.107 e. The Balaban J connectivity index is 1.52. The van der Waals surface area contributed by atoms with Crippen molar-refractivity contribution >= 4 is 0 Å². The molecule has 4 saturated carbocycles. The van der Waals surface area contributed by atoms with Crippen LogP contribution in [0, 0.1) is 29.6 Å². The van der Waals surface area contributed by atoms with Crippen molar-refractivity contribution in [1.29, 1.82) is 0 Å². The van der Waals surface area contributed by atoms with Crippen LogP contribution in [-0.4, -0.2) is 22.6 Å². The van der Waals surface area contributed by atoms with Crippen molar-refractivity contribution in [2.75, 3.05) is 6.54 Å². The Hall–Kier alpha value is -0.830. The fourth-order valence-corrected chi connectivity index (χ4v) is 5.92. The van der Waals surface area contributed by atoms with Crippen molar-refractivity contribution in [3.63, 3.8) is 0 Å². The zero-order valence-electron chi connectivity index (χ0n) is 13.2. The van der Waals surface area contributed by atoms with Gasteiger partial charge in [0.2, 0.25) is 0 Å². The Morgan fingerprint density at radius 3 is 2.48 bits per heavy atom. The molecule has 21 heavy (non-hydrogen) atoms. The van der Waals surface area contributed by atoms with Gasteiger partial charge < -0.3 is 10.3 Å². The molecule has 3 heteroatoms. The van der Waals surface area contributed by atoms with E-state index < -0.39 is 0 Å². The fourth-order valence-electron chi connectivity index (χ4n) is 5.92. The van der Waals surface area contributed by atoms with E-state index in [0.717, 1.165) is 48.4 Å². The van der Waals surface area contributed by atoms with E-state index in [1.807, 2.05) is 12.4 Å². The lowest BCUT2D eigenvalue weighted by Gasteiger charge is -2.56. The van der Waals surface area contributed by atoms with Gasteiger partial charge in [0, 0.05) is 24.9 Å². The molecule has 3 nitrogen and oxygen atoms in total. The molecule has 0 radical (unpaired) electrons. The van der Waals surface area contributed by atoms with E-state index in [2.05, 4.69) is 22.2 Å². The molecule has 0 aromatic carbocycles. The molecule has 4 fully saturated rings. The Morgan fingerprint density at radius 2 is 1.90 bits per heavy atom. The standard InChI is InChI=1S/C18H29N3/c1-2-3-19-16(11-17-20-4-5-21-17)18-14-7-12-6-13(9-14)10-15(18)8-12/h4-5,12-16,18-19H,2-3,6-11H2,1H3,(H,20,21). The number of imidazole rings is 1. The van der Waals surface area contributed by atoms with Gasteiger partial charge in [-0.15, -0.1) is 0 Å². The molecule has 0 saturated heterocycles. The lowest BCUT2D eigenvalue weighted by Crippen LogP contribution is -2.53. The van der Waals surface area contributed by atoms with Crippen LogP contribution in [0.15, 0.2) is 12.4 Å². The van der Waals surface area contributed by atoms with Crippen LogP contribution in [-0.2, 0) is 6.42 Å². The van der Waals surface area contributed by atoms with Gasteiger partial charge in [0.15, 0.2) is 0 Å². The summed E-state index contributed by atoms with van der Waals surface area (Å²) in [6, 6.07) is 0.631. The molecule has 4 aliphatic rings. The first-order valence-corrected chi connectivity index (χ1v) is 9.05. The van der Waals surface area contributed by atoms with Gasteiger partial charge in [-0.05, 0) is 74.7 Å². The zero-order chi connectivity index (χ0) is 14.2. The lowest BCUT2D eigenvalue weighted by atomic mass is 9.50. The molecule has 1 aromatic rings. The number of nitrogens with one attached hydrogen (secondary N) is 2. The van der Waals surface area contributed by atoms with Crippen molar-refractivity contribution in [3.05, 3.63) is 18.2 Å². The molecule has 0 spiro atoms. The van der Waals surface area contributed by atoms with E-state index in [4.69, 9.17) is 0 Å². The summed E-state index contributed by atoms with van der Waals surface area (Å²) >= 11 is 0. The van der Waals surface area contributed by atoms with E-state index in [1.165, 1.54) is 32.1 Å². The van der Waals surface area contributed by atoms with Gasteiger partial charge in [-0.3, -0.25) is 0 Å². The quantitative estimate of drug-likeness (QED) is 0.842. The molecule has 5 rings (SSSR count). The van der Waals surface area contributed by atoms with E-state index in [9.17, 15) is 0 Å². The molecule has 1 aromatic heterocycles.